The summed E-state index contributed by atoms with van der Waals surface area (Å²) in [6.07, 6.45) is 1.65. The first-order valence-corrected chi connectivity index (χ1v) is 9.53. The van der Waals surface area contributed by atoms with Gasteiger partial charge in [-0.1, -0.05) is 11.6 Å². The molecular weight excluding hydrogens is 388 g/mol. The monoisotopic (exact) mass is 404 g/mol. The molecule has 1 fully saturated rings. The molecule has 1 aromatic carbocycles. The molecular formula is C19H17ClN2O4S. The van der Waals surface area contributed by atoms with Crippen LogP contribution in [0.3, 0.4) is 0 Å². The Morgan fingerprint density at radius 3 is 2.78 bits per heavy atom. The van der Waals surface area contributed by atoms with Crippen molar-refractivity contribution in [3.63, 3.8) is 0 Å². The number of likely N-dealkylation sites (N-methyl/N-ethyl adjacent to an activating group) is 1. The van der Waals surface area contributed by atoms with E-state index in [0.717, 1.165) is 0 Å². The smallest absolute Gasteiger partial charge is 0.336 e. The van der Waals surface area contributed by atoms with Crippen LogP contribution in [0.15, 0.2) is 44.6 Å². The van der Waals surface area contributed by atoms with Crippen LogP contribution in [0.5, 0.6) is 0 Å². The number of benzene rings is 1. The molecule has 0 saturated carbocycles. The lowest BCUT2D eigenvalue weighted by Gasteiger charge is -2.11. The zero-order chi connectivity index (χ0) is 19.6. The molecule has 0 unspecified atom stereocenters. The highest BCUT2D eigenvalue weighted by Crippen LogP contribution is 2.34. The molecule has 0 aliphatic carbocycles. The van der Waals surface area contributed by atoms with E-state index in [1.807, 2.05) is 13.8 Å². The first kappa shape index (κ1) is 19.3. The maximum atomic E-state index is 12.5. The van der Waals surface area contributed by atoms with Crippen LogP contribution < -0.4 is 0 Å². The van der Waals surface area contributed by atoms with Gasteiger partial charge in [-0.25, -0.2) is 4.79 Å². The van der Waals surface area contributed by atoms with Crippen molar-refractivity contribution in [2.75, 3.05) is 13.1 Å². The summed E-state index contributed by atoms with van der Waals surface area (Å²) >= 11 is 7.19. The molecule has 0 spiro atoms. The van der Waals surface area contributed by atoms with E-state index < -0.39 is 5.97 Å². The Balaban J connectivity index is 1.94. The molecule has 2 heterocycles. The highest BCUT2D eigenvalue weighted by molar-refractivity contribution is 8.18. The van der Waals surface area contributed by atoms with Gasteiger partial charge >= 0.3 is 5.97 Å². The summed E-state index contributed by atoms with van der Waals surface area (Å²) in [7, 11) is 0. The van der Waals surface area contributed by atoms with Crippen LogP contribution in [0.25, 0.3) is 17.4 Å². The van der Waals surface area contributed by atoms with Crippen molar-refractivity contribution in [3.05, 3.63) is 51.6 Å². The predicted octanol–water partition coefficient (Wildman–Crippen LogP) is 4.61. The molecule has 1 aromatic heterocycles. The van der Waals surface area contributed by atoms with Crippen LogP contribution in [-0.4, -0.2) is 40.1 Å². The fourth-order valence-corrected chi connectivity index (χ4v) is 3.91. The topological polar surface area (TPSA) is 83.1 Å². The van der Waals surface area contributed by atoms with Crippen LogP contribution in [0.2, 0.25) is 5.02 Å². The highest BCUT2D eigenvalue weighted by atomic mass is 35.5. The number of thioether (sulfide) groups is 1. The third-order valence-electron chi connectivity index (χ3n) is 3.88. The number of nitrogens with zero attached hydrogens (tertiary/aromatic N) is 2. The fraction of sp³-hybridized carbons (Fsp3) is 0.211. The van der Waals surface area contributed by atoms with E-state index in [0.29, 0.717) is 45.3 Å². The summed E-state index contributed by atoms with van der Waals surface area (Å²) < 4.78 is 5.77. The van der Waals surface area contributed by atoms with Crippen molar-refractivity contribution < 1.29 is 19.1 Å². The zero-order valence-corrected chi connectivity index (χ0v) is 16.3. The SMILES string of the molecule is CCN=C1S/C(=C\c2ccc(-c3ccc(Cl)cc3C(=O)O)o2)C(=O)N1CC. The fourth-order valence-electron chi connectivity index (χ4n) is 2.65. The van der Waals surface area contributed by atoms with Crippen molar-refractivity contribution in [1.29, 1.82) is 0 Å². The molecule has 0 atom stereocenters. The lowest BCUT2D eigenvalue weighted by molar-refractivity contribution is -0.122. The van der Waals surface area contributed by atoms with Crippen molar-refractivity contribution >= 4 is 46.5 Å². The molecule has 0 bridgehead atoms. The predicted molar refractivity (Wildman–Crippen MR) is 107 cm³/mol. The van der Waals surface area contributed by atoms with Gasteiger partial charge < -0.3 is 9.52 Å². The van der Waals surface area contributed by atoms with E-state index in [9.17, 15) is 14.7 Å². The summed E-state index contributed by atoms with van der Waals surface area (Å²) in [5.74, 6) is -0.364. The number of hydrogen-bond donors (Lipinski definition) is 1. The van der Waals surface area contributed by atoms with Gasteiger partial charge in [0.25, 0.3) is 5.91 Å². The van der Waals surface area contributed by atoms with Gasteiger partial charge in [-0.2, -0.15) is 0 Å². The molecule has 140 valence electrons. The third-order valence-corrected chi connectivity index (χ3v) is 5.15. The lowest BCUT2D eigenvalue weighted by atomic mass is 10.1. The second kappa shape index (κ2) is 8.02. The van der Waals surface area contributed by atoms with Crippen LogP contribution in [0.4, 0.5) is 0 Å². The Morgan fingerprint density at radius 1 is 1.33 bits per heavy atom. The number of rotatable bonds is 5. The van der Waals surface area contributed by atoms with Crippen molar-refractivity contribution in [2.24, 2.45) is 4.99 Å². The normalized spacial score (nSPS) is 17.3. The molecule has 1 amide bonds. The zero-order valence-electron chi connectivity index (χ0n) is 14.7. The van der Waals surface area contributed by atoms with E-state index in [1.54, 1.807) is 35.2 Å². The van der Waals surface area contributed by atoms with Gasteiger partial charge in [-0.15, -0.1) is 0 Å². The summed E-state index contributed by atoms with van der Waals surface area (Å²) in [6, 6.07) is 7.95. The number of carboxylic acid groups (broad SMARTS) is 1. The number of halogens is 1. The number of carbonyl (C=O) groups excluding carboxylic acids is 1. The Morgan fingerprint density at radius 2 is 2.11 bits per heavy atom. The maximum absolute atomic E-state index is 12.5. The average Bonchev–Trinajstić information content (AvgIpc) is 3.20. The largest absolute Gasteiger partial charge is 0.478 e. The van der Waals surface area contributed by atoms with E-state index in [2.05, 4.69) is 4.99 Å². The van der Waals surface area contributed by atoms with E-state index in [-0.39, 0.29) is 11.5 Å². The summed E-state index contributed by atoms with van der Waals surface area (Å²) in [5, 5.41) is 10.4. The third kappa shape index (κ3) is 3.94. The minimum absolute atomic E-state index is 0.0527. The van der Waals surface area contributed by atoms with Gasteiger partial charge in [-0.3, -0.25) is 14.7 Å². The van der Waals surface area contributed by atoms with Gasteiger partial charge in [0, 0.05) is 29.8 Å². The van der Waals surface area contributed by atoms with Gasteiger partial charge in [-0.05, 0) is 55.9 Å². The summed E-state index contributed by atoms with van der Waals surface area (Å²) in [4.78, 5) is 30.4. The Kier molecular flexibility index (Phi) is 5.72. The second-order valence-electron chi connectivity index (χ2n) is 5.61. The number of furan rings is 1. The van der Waals surface area contributed by atoms with Crippen molar-refractivity contribution in [2.45, 2.75) is 13.8 Å². The van der Waals surface area contributed by atoms with Crippen LogP contribution in [-0.2, 0) is 4.79 Å². The van der Waals surface area contributed by atoms with Crippen LogP contribution in [0.1, 0.15) is 30.0 Å². The highest BCUT2D eigenvalue weighted by Gasteiger charge is 2.32. The Bertz CT molecular complexity index is 964. The second-order valence-corrected chi connectivity index (χ2v) is 7.06. The van der Waals surface area contributed by atoms with Gasteiger partial charge in [0.05, 0.1) is 10.5 Å². The standard InChI is InChI=1S/C19H17ClN2O4S/c1-3-21-19-22(4-2)17(23)16(27-19)10-12-6-8-15(26-12)13-7-5-11(20)9-14(13)18(24)25/h5-10H,3-4H2,1-2H3,(H,24,25)/b16-10-,21-19?. The Hall–Kier alpha value is -2.51. The van der Waals surface area contributed by atoms with Gasteiger partial charge in [0.1, 0.15) is 11.5 Å². The molecule has 1 N–H and O–H groups in total. The van der Waals surface area contributed by atoms with E-state index in [1.165, 1.54) is 17.8 Å². The number of amidine groups is 1. The van der Waals surface area contributed by atoms with Crippen LogP contribution >= 0.6 is 23.4 Å². The first-order valence-electron chi connectivity index (χ1n) is 8.33. The lowest BCUT2D eigenvalue weighted by Crippen LogP contribution is -2.28. The molecule has 2 aromatic rings. The van der Waals surface area contributed by atoms with Gasteiger partial charge in [0.2, 0.25) is 0 Å². The van der Waals surface area contributed by atoms with Gasteiger partial charge in [0.15, 0.2) is 5.17 Å². The summed E-state index contributed by atoms with van der Waals surface area (Å²) in [5.41, 5.74) is 0.474. The molecule has 1 aliphatic heterocycles. The summed E-state index contributed by atoms with van der Waals surface area (Å²) in [6.45, 7) is 4.95. The number of carboxylic acids is 1. The minimum Gasteiger partial charge on any atom is -0.478 e. The minimum atomic E-state index is -1.09. The molecule has 1 saturated heterocycles. The van der Waals surface area contributed by atoms with Crippen molar-refractivity contribution in [1.82, 2.24) is 4.90 Å². The molecule has 1 aliphatic rings. The molecule has 3 rings (SSSR count). The first-order chi connectivity index (χ1) is 12.9. The Labute approximate surface area is 165 Å². The molecule has 6 nitrogen and oxygen atoms in total. The van der Waals surface area contributed by atoms with Crippen molar-refractivity contribution in [3.8, 4) is 11.3 Å². The number of aliphatic imine (C=N–C) groups is 1. The molecule has 27 heavy (non-hydrogen) atoms. The van der Waals surface area contributed by atoms with Crippen LogP contribution in [0, 0.1) is 0 Å². The van der Waals surface area contributed by atoms with E-state index in [4.69, 9.17) is 16.0 Å². The molecule has 8 heteroatoms. The average molecular weight is 405 g/mol. The van der Waals surface area contributed by atoms with E-state index >= 15 is 0 Å². The number of carbonyl (C=O) groups is 2. The number of hydrogen-bond acceptors (Lipinski definition) is 5. The maximum Gasteiger partial charge on any atom is 0.336 e. The number of amides is 1. The quantitative estimate of drug-likeness (QED) is 0.735. The molecule has 0 radical (unpaired) electrons. The number of aromatic carboxylic acids is 1.